The number of rotatable bonds is 3. The Labute approximate surface area is 123 Å². The first kappa shape index (κ1) is 13.8. The molecule has 2 aliphatic rings. The van der Waals surface area contributed by atoms with Crippen LogP contribution in [-0.2, 0) is 22.4 Å². The van der Waals surface area contributed by atoms with Crippen molar-refractivity contribution in [3.8, 4) is 0 Å². The van der Waals surface area contributed by atoms with Gasteiger partial charge in [0.2, 0.25) is 11.8 Å². The molecule has 1 N–H and O–H groups in total. The van der Waals surface area contributed by atoms with Crippen LogP contribution in [0.3, 0.4) is 0 Å². The normalized spacial score (nSPS) is 22.4. The Morgan fingerprint density at radius 2 is 1.76 bits per heavy atom. The van der Waals surface area contributed by atoms with Gasteiger partial charge in [-0.15, -0.1) is 0 Å². The highest BCUT2D eigenvalue weighted by Gasteiger charge is 2.44. The number of nitrogens with one attached hydrogen (secondary N) is 1. The highest BCUT2D eigenvalue weighted by atomic mass is 16.2. The molecule has 3 rings (SSSR count). The Morgan fingerprint density at radius 1 is 1.14 bits per heavy atom. The SMILES string of the molecule is CCCC1C(=O)NC(=O)N(C2Cc3ccccc3C2)C1=O. The summed E-state index contributed by atoms with van der Waals surface area (Å²) in [6.45, 7) is 1.92. The Hall–Kier alpha value is -2.17. The van der Waals surface area contributed by atoms with Crippen LogP contribution in [0.25, 0.3) is 0 Å². The lowest BCUT2D eigenvalue weighted by molar-refractivity contribution is -0.144. The zero-order valence-electron chi connectivity index (χ0n) is 12.0. The minimum Gasteiger partial charge on any atom is -0.277 e. The fourth-order valence-corrected chi connectivity index (χ4v) is 3.24. The van der Waals surface area contributed by atoms with Gasteiger partial charge in [-0.1, -0.05) is 37.6 Å². The maximum absolute atomic E-state index is 12.5. The van der Waals surface area contributed by atoms with E-state index in [1.54, 1.807) is 0 Å². The van der Waals surface area contributed by atoms with Crippen molar-refractivity contribution in [3.05, 3.63) is 35.4 Å². The molecule has 0 aromatic heterocycles. The predicted octanol–water partition coefficient (Wildman–Crippen LogP) is 1.65. The van der Waals surface area contributed by atoms with Crippen LogP contribution < -0.4 is 5.32 Å². The Morgan fingerprint density at radius 3 is 2.33 bits per heavy atom. The molecule has 5 nitrogen and oxygen atoms in total. The van der Waals surface area contributed by atoms with Crippen LogP contribution in [0, 0.1) is 5.92 Å². The van der Waals surface area contributed by atoms with E-state index < -0.39 is 17.9 Å². The van der Waals surface area contributed by atoms with Crippen molar-refractivity contribution in [1.82, 2.24) is 10.2 Å². The average Bonchev–Trinajstić information content (AvgIpc) is 2.86. The van der Waals surface area contributed by atoms with E-state index in [1.807, 2.05) is 31.2 Å². The number of carbonyl (C=O) groups is 3. The topological polar surface area (TPSA) is 66.5 Å². The van der Waals surface area contributed by atoms with Crippen LogP contribution in [0.1, 0.15) is 30.9 Å². The van der Waals surface area contributed by atoms with E-state index in [4.69, 9.17) is 0 Å². The van der Waals surface area contributed by atoms with E-state index in [0.29, 0.717) is 19.3 Å². The molecule has 4 amide bonds. The molecular formula is C16H18N2O3. The van der Waals surface area contributed by atoms with Gasteiger partial charge < -0.3 is 0 Å². The number of nitrogens with zero attached hydrogens (tertiary/aromatic N) is 1. The van der Waals surface area contributed by atoms with Crippen molar-refractivity contribution in [3.63, 3.8) is 0 Å². The molecule has 1 aliphatic carbocycles. The van der Waals surface area contributed by atoms with Crippen molar-refractivity contribution in [2.24, 2.45) is 5.92 Å². The zero-order chi connectivity index (χ0) is 15.0. The van der Waals surface area contributed by atoms with Gasteiger partial charge in [0.1, 0.15) is 5.92 Å². The molecule has 1 unspecified atom stereocenters. The van der Waals surface area contributed by atoms with Crippen molar-refractivity contribution >= 4 is 17.8 Å². The van der Waals surface area contributed by atoms with Crippen molar-refractivity contribution in [2.45, 2.75) is 38.6 Å². The smallest absolute Gasteiger partial charge is 0.277 e. The first-order valence-electron chi connectivity index (χ1n) is 7.36. The fourth-order valence-electron chi connectivity index (χ4n) is 3.24. The number of urea groups is 1. The van der Waals surface area contributed by atoms with Crippen LogP contribution >= 0.6 is 0 Å². The van der Waals surface area contributed by atoms with Gasteiger partial charge >= 0.3 is 6.03 Å². The maximum Gasteiger partial charge on any atom is 0.331 e. The number of amides is 4. The lowest BCUT2D eigenvalue weighted by Crippen LogP contribution is -2.61. The summed E-state index contributed by atoms with van der Waals surface area (Å²) in [5.41, 5.74) is 2.35. The first-order chi connectivity index (χ1) is 10.1. The molecule has 1 aromatic carbocycles. The van der Waals surface area contributed by atoms with E-state index >= 15 is 0 Å². The van der Waals surface area contributed by atoms with Gasteiger partial charge in [0.25, 0.3) is 0 Å². The van der Waals surface area contributed by atoms with Crippen LogP contribution in [-0.4, -0.2) is 28.8 Å². The van der Waals surface area contributed by atoms with Gasteiger partial charge in [0.15, 0.2) is 0 Å². The van der Waals surface area contributed by atoms with Gasteiger partial charge in [0, 0.05) is 6.04 Å². The predicted molar refractivity (Wildman–Crippen MR) is 76.4 cm³/mol. The van der Waals surface area contributed by atoms with E-state index in [-0.39, 0.29) is 11.9 Å². The summed E-state index contributed by atoms with van der Waals surface area (Å²) < 4.78 is 0. The highest BCUT2D eigenvalue weighted by Crippen LogP contribution is 2.28. The third-order valence-corrected chi connectivity index (χ3v) is 4.27. The summed E-state index contributed by atoms with van der Waals surface area (Å²) in [6.07, 6.45) is 2.55. The average molecular weight is 286 g/mol. The minimum absolute atomic E-state index is 0.178. The summed E-state index contributed by atoms with van der Waals surface area (Å²) in [5.74, 6) is -1.53. The van der Waals surface area contributed by atoms with Crippen LogP contribution in [0.4, 0.5) is 4.79 Å². The van der Waals surface area contributed by atoms with Gasteiger partial charge in [-0.3, -0.25) is 19.8 Å². The number of barbiturate groups is 1. The molecule has 1 aromatic rings. The second-order valence-electron chi connectivity index (χ2n) is 5.67. The quantitative estimate of drug-likeness (QED) is 0.859. The van der Waals surface area contributed by atoms with Crippen LogP contribution in [0.5, 0.6) is 0 Å². The number of fused-ring (bicyclic) bond motifs is 1. The van der Waals surface area contributed by atoms with Crippen molar-refractivity contribution < 1.29 is 14.4 Å². The van der Waals surface area contributed by atoms with Crippen LogP contribution in [0.2, 0.25) is 0 Å². The Bertz CT molecular complexity index is 586. The molecule has 1 aliphatic heterocycles. The number of hydrogen-bond donors (Lipinski definition) is 1. The summed E-state index contributed by atoms with van der Waals surface area (Å²) in [5, 5.41) is 2.33. The summed E-state index contributed by atoms with van der Waals surface area (Å²) in [4.78, 5) is 37.7. The molecule has 0 bridgehead atoms. The third kappa shape index (κ3) is 2.33. The molecular weight excluding hydrogens is 268 g/mol. The lowest BCUT2D eigenvalue weighted by Gasteiger charge is -2.34. The molecule has 0 radical (unpaired) electrons. The third-order valence-electron chi connectivity index (χ3n) is 4.27. The van der Waals surface area contributed by atoms with Gasteiger partial charge in [0.05, 0.1) is 0 Å². The van der Waals surface area contributed by atoms with Gasteiger partial charge in [-0.05, 0) is 30.4 Å². The molecule has 110 valence electrons. The Kier molecular flexibility index (Phi) is 3.49. The molecule has 1 heterocycles. The highest BCUT2D eigenvalue weighted by molar-refractivity contribution is 6.16. The molecule has 0 spiro atoms. The maximum atomic E-state index is 12.5. The molecule has 21 heavy (non-hydrogen) atoms. The van der Waals surface area contributed by atoms with Gasteiger partial charge in [-0.2, -0.15) is 0 Å². The fraction of sp³-hybridized carbons (Fsp3) is 0.438. The number of carbonyl (C=O) groups excluding carboxylic acids is 3. The van der Waals surface area contributed by atoms with Gasteiger partial charge in [-0.25, -0.2) is 4.79 Å². The lowest BCUT2D eigenvalue weighted by atomic mass is 9.97. The largest absolute Gasteiger partial charge is 0.331 e. The van der Waals surface area contributed by atoms with E-state index in [2.05, 4.69) is 5.32 Å². The van der Waals surface area contributed by atoms with E-state index in [0.717, 1.165) is 6.42 Å². The number of imide groups is 2. The molecule has 1 saturated heterocycles. The monoisotopic (exact) mass is 286 g/mol. The second kappa shape index (κ2) is 5.31. The summed E-state index contributed by atoms with van der Waals surface area (Å²) >= 11 is 0. The molecule has 1 fully saturated rings. The van der Waals surface area contributed by atoms with Crippen molar-refractivity contribution in [1.29, 1.82) is 0 Å². The minimum atomic E-state index is -0.726. The van der Waals surface area contributed by atoms with Crippen LogP contribution in [0.15, 0.2) is 24.3 Å². The first-order valence-corrected chi connectivity index (χ1v) is 7.36. The van der Waals surface area contributed by atoms with Crippen molar-refractivity contribution in [2.75, 3.05) is 0 Å². The Balaban J connectivity index is 1.83. The molecule has 1 atom stereocenters. The molecule has 5 heteroatoms. The zero-order valence-corrected chi connectivity index (χ0v) is 12.0. The summed E-state index contributed by atoms with van der Waals surface area (Å²) in [6, 6.07) is 7.22. The second-order valence-corrected chi connectivity index (χ2v) is 5.67. The molecule has 0 saturated carbocycles. The standard InChI is InChI=1S/C16H18N2O3/c1-2-5-13-14(19)17-16(21)18(15(13)20)12-8-10-6-3-4-7-11(10)9-12/h3-4,6-7,12-13H,2,5,8-9H2,1H3,(H,17,19,21). The number of hydrogen-bond acceptors (Lipinski definition) is 3. The van der Waals surface area contributed by atoms with E-state index in [9.17, 15) is 14.4 Å². The summed E-state index contributed by atoms with van der Waals surface area (Å²) in [7, 11) is 0. The van der Waals surface area contributed by atoms with E-state index in [1.165, 1.54) is 16.0 Å². The number of benzene rings is 1.